The van der Waals surface area contributed by atoms with Gasteiger partial charge in [-0.25, -0.2) is 8.78 Å². The van der Waals surface area contributed by atoms with E-state index in [1.807, 2.05) is 6.92 Å². The highest BCUT2D eigenvalue weighted by atomic mass is 35.5. The molecule has 84 valence electrons. The number of hydrogen-bond acceptors (Lipinski definition) is 1. The minimum atomic E-state index is -0.434. The quantitative estimate of drug-likeness (QED) is 0.787. The summed E-state index contributed by atoms with van der Waals surface area (Å²) in [5.74, 6) is -0.868. The maximum Gasteiger partial charge on any atom is 0.129 e. The van der Waals surface area contributed by atoms with Crippen molar-refractivity contribution in [2.75, 3.05) is 13.1 Å². The van der Waals surface area contributed by atoms with Crippen LogP contribution in [0.4, 0.5) is 8.78 Å². The van der Waals surface area contributed by atoms with Crippen molar-refractivity contribution in [2.45, 2.75) is 18.8 Å². The van der Waals surface area contributed by atoms with Crippen LogP contribution in [0.15, 0.2) is 18.2 Å². The van der Waals surface area contributed by atoms with Crippen LogP contribution in [0.1, 0.15) is 18.9 Å². The fourth-order valence-electron chi connectivity index (χ4n) is 2.10. The van der Waals surface area contributed by atoms with Gasteiger partial charge in [0.15, 0.2) is 0 Å². The molecule has 0 radical (unpaired) electrons. The second-order valence-electron chi connectivity index (χ2n) is 4.08. The van der Waals surface area contributed by atoms with Crippen molar-refractivity contribution in [3.63, 3.8) is 0 Å². The summed E-state index contributed by atoms with van der Waals surface area (Å²) in [6.45, 7) is 3.36. The number of rotatable bonds is 1. The first-order valence-corrected chi connectivity index (χ1v) is 4.79. The van der Waals surface area contributed by atoms with Crippen LogP contribution >= 0.6 is 12.4 Å². The molecule has 1 aromatic rings. The molecule has 2 rings (SSSR count). The molecule has 1 aromatic carbocycles. The van der Waals surface area contributed by atoms with E-state index in [1.165, 1.54) is 18.2 Å². The van der Waals surface area contributed by atoms with E-state index in [1.54, 1.807) is 0 Å². The Labute approximate surface area is 94.3 Å². The van der Waals surface area contributed by atoms with Gasteiger partial charge in [-0.2, -0.15) is 0 Å². The Bertz CT molecular complexity index is 328. The monoisotopic (exact) mass is 233 g/mol. The van der Waals surface area contributed by atoms with Gasteiger partial charge in [0, 0.05) is 17.5 Å². The average Bonchev–Trinajstić information content (AvgIpc) is 2.52. The first-order chi connectivity index (χ1) is 6.63. The lowest BCUT2D eigenvalue weighted by atomic mass is 9.81. The molecule has 1 heterocycles. The van der Waals surface area contributed by atoms with E-state index >= 15 is 0 Å². The van der Waals surface area contributed by atoms with Crippen LogP contribution in [0, 0.1) is 11.6 Å². The Morgan fingerprint density at radius 2 is 1.87 bits per heavy atom. The van der Waals surface area contributed by atoms with Crippen molar-refractivity contribution in [1.29, 1.82) is 0 Å². The van der Waals surface area contributed by atoms with Gasteiger partial charge in [0.1, 0.15) is 11.6 Å². The van der Waals surface area contributed by atoms with Crippen molar-refractivity contribution < 1.29 is 8.78 Å². The Balaban J connectivity index is 0.00000112. The second-order valence-corrected chi connectivity index (χ2v) is 4.08. The lowest BCUT2D eigenvalue weighted by molar-refractivity contribution is 0.445. The molecule has 0 amide bonds. The van der Waals surface area contributed by atoms with Crippen LogP contribution in [-0.4, -0.2) is 13.1 Å². The third kappa shape index (κ3) is 2.13. The van der Waals surface area contributed by atoms with Crippen molar-refractivity contribution >= 4 is 12.4 Å². The number of nitrogens with one attached hydrogen (secondary N) is 1. The molecular formula is C11H14ClF2N. The van der Waals surface area contributed by atoms with Crippen LogP contribution < -0.4 is 5.32 Å². The Hall–Kier alpha value is -0.670. The van der Waals surface area contributed by atoms with Crippen molar-refractivity contribution in [2.24, 2.45) is 0 Å². The summed E-state index contributed by atoms with van der Waals surface area (Å²) >= 11 is 0. The Morgan fingerprint density at radius 3 is 2.33 bits per heavy atom. The van der Waals surface area contributed by atoms with Gasteiger partial charge >= 0.3 is 0 Å². The highest BCUT2D eigenvalue weighted by Crippen LogP contribution is 2.33. The Kier molecular flexibility index (Phi) is 3.68. The van der Waals surface area contributed by atoms with E-state index in [0.717, 1.165) is 13.0 Å². The molecule has 0 bridgehead atoms. The fraction of sp³-hybridized carbons (Fsp3) is 0.455. The van der Waals surface area contributed by atoms with Gasteiger partial charge in [-0.15, -0.1) is 12.4 Å². The lowest BCUT2D eigenvalue weighted by Gasteiger charge is -2.24. The van der Waals surface area contributed by atoms with Crippen LogP contribution in [0.25, 0.3) is 0 Å². The summed E-state index contributed by atoms with van der Waals surface area (Å²) in [4.78, 5) is 0. The third-order valence-corrected chi connectivity index (χ3v) is 2.94. The van der Waals surface area contributed by atoms with Crippen LogP contribution in [-0.2, 0) is 5.41 Å². The first kappa shape index (κ1) is 12.4. The molecule has 0 aliphatic carbocycles. The van der Waals surface area contributed by atoms with E-state index < -0.39 is 17.0 Å². The number of halogens is 3. The molecule has 1 fully saturated rings. The lowest BCUT2D eigenvalue weighted by Crippen LogP contribution is -2.27. The average molecular weight is 234 g/mol. The molecule has 1 atom stereocenters. The Morgan fingerprint density at radius 1 is 1.27 bits per heavy atom. The summed E-state index contributed by atoms with van der Waals surface area (Å²) < 4.78 is 27.0. The SMILES string of the molecule is CC1(c2c(F)cccc2F)CCNC1.Cl. The first-order valence-electron chi connectivity index (χ1n) is 4.79. The topological polar surface area (TPSA) is 12.0 Å². The van der Waals surface area contributed by atoms with Crippen LogP contribution in [0.3, 0.4) is 0 Å². The largest absolute Gasteiger partial charge is 0.316 e. The second kappa shape index (κ2) is 4.45. The smallest absolute Gasteiger partial charge is 0.129 e. The molecule has 0 spiro atoms. The summed E-state index contributed by atoms with van der Waals surface area (Å²) in [7, 11) is 0. The highest BCUT2D eigenvalue weighted by molar-refractivity contribution is 5.85. The van der Waals surface area contributed by atoms with Crippen LogP contribution in [0.5, 0.6) is 0 Å². The molecule has 1 saturated heterocycles. The predicted octanol–water partition coefficient (Wildman–Crippen LogP) is 2.64. The minimum absolute atomic E-state index is 0. The molecule has 0 aromatic heterocycles. The van der Waals surface area contributed by atoms with Crippen molar-refractivity contribution in [3.8, 4) is 0 Å². The molecule has 4 heteroatoms. The summed E-state index contributed by atoms with van der Waals surface area (Å²) in [5, 5.41) is 3.13. The van der Waals surface area contributed by atoms with Gasteiger partial charge in [0.2, 0.25) is 0 Å². The highest BCUT2D eigenvalue weighted by Gasteiger charge is 2.35. The van der Waals surface area contributed by atoms with Gasteiger partial charge in [0.25, 0.3) is 0 Å². The predicted molar refractivity (Wildman–Crippen MR) is 58.4 cm³/mol. The number of benzene rings is 1. The third-order valence-electron chi connectivity index (χ3n) is 2.94. The van der Waals surface area contributed by atoms with Crippen LogP contribution in [0.2, 0.25) is 0 Å². The van der Waals surface area contributed by atoms with E-state index in [-0.39, 0.29) is 18.0 Å². The summed E-state index contributed by atoms with van der Waals surface area (Å²) in [5.41, 5.74) is -0.167. The standard InChI is InChI=1S/C11H13F2N.ClH/c1-11(5-6-14-7-11)10-8(12)3-2-4-9(10)13;/h2-4,14H,5-7H2,1H3;1H. The maximum absolute atomic E-state index is 13.5. The van der Waals surface area contributed by atoms with E-state index in [0.29, 0.717) is 6.54 Å². The molecule has 1 unspecified atom stereocenters. The molecule has 1 aliphatic rings. The van der Waals surface area contributed by atoms with Crippen molar-refractivity contribution in [3.05, 3.63) is 35.4 Å². The normalized spacial score (nSPS) is 25.0. The van der Waals surface area contributed by atoms with Gasteiger partial charge in [-0.3, -0.25) is 0 Å². The minimum Gasteiger partial charge on any atom is -0.316 e. The fourth-order valence-corrected chi connectivity index (χ4v) is 2.10. The van der Waals surface area contributed by atoms with Gasteiger partial charge in [-0.1, -0.05) is 13.0 Å². The van der Waals surface area contributed by atoms with Gasteiger partial charge in [0.05, 0.1) is 0 Å². The zero-order chi connectivity index (χ0) is 10.2. The molecule has 1 nitrogen and oxygen atoms in total. The van der Waals surface area contributed by atoms with E-state index in [9.17, 15) is 8.78 Å². The zero-order valence-electron chi connectivity index (χ0n) is 8.52. The molecule has 15 heavy (non-hydrogen) atoms. The molecular weight excluding hydrogens is 220 g/mol. The number of hydrogen-bond donors (Lipinski definition) is 1. The summed E-state index contributed by atoms with van der Waals surface area (Å²) in [6.07, 6.45) is 0.783. The molecule has 1 aliphatic heterocycles. The van der Waals surface area contributed by atoms with E-state index in [2.05, 4.69) is 5.32 Å². The van der Waals surface area contributed by atoms with Crippen molar-refractivity contribution in [1.82, 2.24) is 5.32 Å². The van der Waals surface area contributed by atoms with Gasteiger partial charge in [-0.05, 0) is 25.1 Å². The zero-order valence-corrected chi connectivity index (χ0v) is 9.33. The summed E-state index contributed by atoms with van der Waals surface area (Å²) in [6, 6.07) is 4.05. The molecule has 1 N–H and O–H groups in total. The van der Waals surface area contributed by atoms with Gasteiger partial charge < -0.3 is 5.32 Å². The molecule has 0 saturated carbocycles. The maximum atomic E-state index is 13.5. The van der Waals surface area contributed by atoms with E-state index in [4.69, 9.17) is 0 Å².